The van der Waals surface area contributed by atoms with E-state index in [1.54, 1.807) is 6.33 Å². The van der Waals surface area contributed by atoms with Crippen LogP contribution in [0.25, 0.3) is 27.3 Å². The molecule has 1 fully saturated rings. The van der Waals surface area contributed by atoms with Gasteiger partial charge in [0.15, 0.2) is 5.65 Å². The average molecular weight is 467 g/mol. The van der Waals surface area contributed by atoms with E-state index in [9.17, 15) is 5.11 Å². The summed E-state index contributed by atoms with van der Waals surface area (Å²) < 4.78 is 1.84. The second-order valence-corrected chi connectivity index (χ2v) is 11.5. The molecule has 7 nitrogen and oxygen atoms in total. The fraction of sp³-hybridized carbons (Fsp3) is 0.560. The first-order valence-electron chi connectivity index (χ1n) is 12.0. The summed E-state index contributed by atoms with van der Waals surface area (Å²) in [5, 5.41) is 19.1. The first kappa shape index (κ1) is 22.5. The van der Waals surface area contributed by atoms with Gasteiger partial charge in [0.25, 0.3) is 0 Å². The minimum Gasteiger partial charge on any atom is -0.389 e. The largest absolute Gasteiger partial charge is 0.389 e. The summed E-state index contributed by atoms with van der Waals surface area (Å²) in [6, 6.07) is 2.58. The molecule has 0 spiro atoms. The number of nitrogens with one attached hydrogen (secondary N) is 2. The van der Waals surface area contributed by atoms with Crippen LogP contribution in [0.1, 0.15) is 81.3 Å². The third kappa shape index (κ3) is 4.44. The van der Waals surface area contributed by atoms with Crippen LogP contribution in [0.5, 0.6) is 0 Å². The number of pyridine rings is 1. The van der Waals surface area contributed by atoms with Gasteiger partial charge in [-0.25, -0.2) is 14.5 Å². The fourth-order valence-electron chi connectivity index (χ4n) is 5.01. The van der Waals surface area contributed by atoms with Crippen LogP contribution in [0, 0.1) is 6.92 Å². The number of nitrogens with zero attached hydrogens (tertiary/aromatic N) is 4. The van der Waals surface area contributed by atoms with Crippen molar-refractivity contribution in [3.8, 4) is 11.3 Å². The minimum absolute atomic E-state index is 0.358. The van der Waals surface area contributed by atoms with Crippen molar-refractivity contribution in [2.45, 2.75) is 83.8 Å². The summed E-state index contributed by atoms with van der Waals surface area (Å²) in [4.78, 5) is 14.4. The number of aromatic nitrogens is 5. The number of aromatic amines is 1. The fourth-order valence-corrected chi connectivity index (χ4v) is 6.16. The van der Waals surface area contributed by atoms with Crippen molar-refractivity contribution in [1.29, 1.82) is 0 Å². The van der Waals surface area contributed by atoms with Gasteiger partial charge in [-0.3, -0.25) is 0 Å². The Hall–Kier alpha value is -2.29. The molecule has 0 aromatic carbocycles. The molecule has 8 heteroatoms. The molecule has 1 aliphatic rings. The molecule has 176 valence electrons. The molecule has 0 amide bonds. The van der Waals surface area contributed by atoms with Crippen LogP contribution in [0.2, 0.25) is 0 Å². The molecule has 4 heterocycles. The molecular weight excluding hydrogens is 432 g/mol. The highest BCUT2D eigenvalue weighted by atomic mass is 32.1. The molecule has 0 bridgehead atoms. The van der Waals surface area contributed by atoms with Crippen LogP contribution in [0.4, 0.5) is 0 Å². The summed E-state index contributed by atoms with van der Waals surface area (Å²) in [5.41, 5.74) is 6.11. The van der Waals surface area contributed by atoms with Gasteiger partial charge in [0, 0.05) is 35.8 Å². The van der Waals surface area contributed by atoms with Gasteiger partial charge in [-0.05, 0) is 64.0 Å². The highest BCUT2D eigenvalue weighted by Crippen LogP contribution is 2.42. The third-order valence-electron chi connectivity index (χ3n) is 6.78. The Bertz CT molecular complexity index is 1270. The van der Waals surface area contributed by atoms with E-state index in [0.29, 0.717) is 24.4 Å². The smallest absolute Gasteiger partial charge is 0.155 e. The third-order valence-corrected chi connectivity index (χ3v) is 7.91. The van der Waals surface area contributed by atoms with E-state index in [-0.39, 0.29) is 0 Å². The number of thiazole rings is 1. The van der Waals surface area contributed by atoms with E-state index >= 15 is 0 Å². The van der Waals surface area contributed by atoms with Crippen LogP contribution in [-0.2, 0) is 0 Å². The first-order valence-corrected chi connectivity index (χ1v) is 12.8. The topological polar surface area (TPSA) is 91.1 Å². The lowest BCUT2D eigenvalue weighted by Crippen LogP contribution is -2.42. The molecule has 0 atom stereocenters. The van der Waals surface area contributed by atoms with Gasteiger partial charge in [0.1, 0.15) is 16.7 Å². The van der Waals surface area contributed by atoms with Crippen molar-refractivity contribution in [3.63, 3.8) is 0 Å². The standard InChI is InChI=1S/C25H34N6OS/c1-14(2)20-21(18-11-31-19(10-15(18)3)27-13-28-31)29-24-22(20)30-23(33-24)16-6-8-17(9-7-16)26-12-25(4,5)32/h10-11,13-14,16-17,26,29,32H,6-9,12H2,1-5H3. The SMILES string of the molecule is Cc1cc2ncnn2cc1-c1[nH]c2sc(C3CCC(NCC(C)(C)O)CC3)nc2c1C(C)C. The van der Waals surface area contributed by atoms with E-state index in [1.807, 2.05) is 29.7 Å². The van der Waals surface area contributed by atoms with Gasteiger partial charge in [-0.1, -0.05) is 13.8 Å². The van der Waals surface area contributed by atoms with E-state index in [1.165, 1.54) is 21.0 Å². The molecule has 4 aromatic rings. The molecule has 1 saturated carbocycles. The number of hydrogen-bond donors (Lipinski definition) is 3. The van der Waals surface area contributed by atoms with E-state index < -0.39 is 5.60 Å². The maximum atomic E-state index is 9.99. The number of hydrogen-bond acceptors (Lipinski definition) is 6. The van der Waals surface area contributed by atoms with Gasteiger partial charge in [-0.2, -0.15) is 5.10 Å². The molecule has 1 aliphatic carbocycles. The van der Waals surface area contributed by atoms with Crippen molar-refractivity contribution in [3.05, 3.63) is 34.7 Å². The van der Waals surface area contributed by atoms with Crippen molar-refractivity contribution >= 4 is 27.3 Å². The highest BCUT2D eigenvalue weighted by Gasteiger charge is 2.28. The zero-order chi connectivity index (χ0) is 23.3. The van der Waals surface area contributed by atoms with Crippen molar-refractivity contribution in [2.24, 2.45) is 0 Å². The van der Waals surface area contributed by atoms with Gasteiger partial charge in [0.2, 0.25) is 0 Å². The molecule has 5 rings (SSSR count). The lowest BCUT2D eigenvalue weighted by molar-refractivity contribution is 0.0742. The second kappa shape index (κ2) is 8.49. The van der Waals surface area contributed by atoms with E-state index in [4.69, 9.17) is 4.98 Å². The predicted octanol–water partition coefficient (Wildman–Crippen LogP) is 5.15. The Kier molecular flexibility index (Phi) is 5.79. The zero-order valence-electron chi connectivity index (χ0n) is 20.1. The second-order valence-electron chi connectivity index (χ2n) is 10.5. The van der Waals surface area contributed by atoms with Crippen LogP contribution >= 0.6 is 11.3 Å². The van der Waals surface area contributed by atoms with Crippen molar-refractivity contribution < 1.29 is 5.11 Å². The van der Waals surface area contributed by atoms with E-state index in [2.05, 4.69) is 53.4 Å². The van der Waals surface area contributed by atoms with Crippen LogP contribution in [0.3, 0.4) is 0 Å². The Labute approximate surface area is 198 Å². The minimum atomic E-state index is -0.660. The molecule has 33 heavy (non-hydrogen) atoms. The Morgan fingerprint density at radius 3 is 2.73 bits per heavy atom. The zero-order valence-corrected chi connectivity index (χ0v) is 21.0. The van der Waals surface area contributed by atoms with Gasteiger partial charge in [0.05, 0.1) is 16.3 Å². The molecule has 0 radical (unpaired) electrons. The Morgan fingerprint density at radius 1 is 1.27 bits per heavy atom. The summed E-state index contributed by atoms with van der Waals surface area (Å²) in [7, 11) is 0. The summed E-state index contributed by atoms with van der Waals surface area (Å²) in [6.07, 6.45) is 8.22. The maximum Gasteiger partial charge on any atom is 0.155 e. The predicted molar refractivity (Wildman–Crippen MR) is 134 cm³/mol. The molecule has 3 N–H and O–H groups in total. The summed E-state index contributed by atoms with van der Waals surface area (Å²) >= 11 is 1.82. The van der Waals surface area contributed by atoms with Gasteiger partial charge in [-0.15, -0.1) is 11.3 Å². The molecule has 0 saturated heterocycles. The number of aliphatic hydroxyl groups is 1. The molecular formula is C25H34N6OS. The monoisotopic (exact) mass is 466 g/mol. The Morgan fingerprint density at radius 2 is 2.03 bits per heavy atom. The van der Waals surface area contributed by atoms with Gasteiger partial charge < -0.3 is 15.4 Å². The highest BCUT2D eigenvalue weighted by molar-refractivity contribution is 7.18. The molecule has 0 aliphatic heterocycles. The number of H-pyrrole nitrogens is 1. The van der Waals surface area contributed by atoms with Crippen LogP contribution in [0.15, 0.2) is 18.6 Å². The van der Waals surface area contributed by atoms with E-state index in [0.717, 1.165) is 48.1 Å². The molecule has 0 unspecified atom stereocenters. The van der Waals surface area contributed by atoms with Crippen molar-refractivity contribution in [1.82, 2.24) is 29.9 Å². The average Bonchev–Trinajstić information content (AvgIpc) is 3.44. The van der Waals surface area contributed by atoms with Crippen LogP contribution < -0.4 is 5.32 Å². The summed E-state index contributed by atoms with van der Waals surface area (Å²) in [6.45, 7) is 11.0. The molecule has 4 aromatic heterocycles. The van der Waals surface area contributed by atoms with Crippen LogP contribution in [-0.4, -0.2) is 47.9 Å². The normalized spacial score (nSPS) is 19.8. The quantitative estimate of drug-likeness (QED) is 0.365. The Balaban J connectivity index is 1.41. The maximum absolute atomic E-state index is 9.99. The van der Waals surface area contributed by atoms with Gasteiger partial charge >= 0.3 is 0 Å². The number of aryl methyl sites for hydroxylation is 1. The number of rotatable bonds is 6. The van der Waals surface area contributed by atoms with Crippen molar-refractivity contribution in [2.75, 3.05) is 6.54 Å². The first-order chi connectivity index (χ1) is 15.7. The lowest BCUT2D eigenvalue weighted by atomic mass is 9.86. The lowest BCUT2D eigenvalue weighted by Gasteiger charge is -2.30. The summed E-state index contributed by atoms with van der Waals surface area (Å²) in [5.74, 6) is 0.879. The number of fused-ring (bicyclic) bond motifs is 2.